The highest BCUT2D eigenvalue weighted by atomic mass is 16.4. The summed E-state index contributed by atoms with van der Waals surface area (Å²) in [5, 5.41) is 8.84. The Labute approximate surface area is 67.6 Å². The van der Waals surface area contributed by atoms with Crippen molar-refractivity contribution in [2.24, 2.45) is 11.8 Å². The maximum absolute atomic E-state index is 10.7. The molecule has 1 aliphatic rings. The zero-order valence-corrected chi connectivity index (χ0v) is 7.05. The van der Waals surface area contributed by atoms with Gasteiger partial charge in [0.05, 0.1) is 5.92 Å². The highest BCUT2D eigenvalue weighted by Gasteiger charge is 2.28. The lowest BCUT2D eigenvalue weighted by molar-refractivity contribution is -0.144. The third-order valence-corrected chi connectivity index (χ3v) is 2.75. The molecule has 11 heavy (non-hydrogen) atoms. The molecule has 64 valence electrons. The Kier molecular flexibility index (Phi) is 2.92. The van der Waals surface area contributed by atoms with Crippen molar-refractivity contribution in [3.05, 3.63) is 0 Å². The van der Waals surface area contributed by atoms with Crippen molar-refractivity contribution in [3.8, 4) is 0 Å². The van der Waals surface area contributed by atoms with Crippen molar-refractivity contribution >= 4 is 5.97 Å². The lowest BCUT2D eigenvalue weighted by Crippen LogP contribution is -2.26. The number of carboxylic acids is 1. The Morgan fingerprint density at radius 3 is 2.55 bits per heavy atom. The van der Waals surface area contributed by atoms with Crippen molar-refractivity contribution in [3.63, 3.8) is 0 Å². The molecule has 2 heteroatoms. The van der Waals surface area contributed by atoms with E-state index in [1.807, 2.05) is 0 Å². The number of carboxylic acid groups (broad SMARTS) is 1. The van der Waals surface area contributed by atoms with Gasteiger partial charge in [0.2, 0.25) is 0 Å². The van der Waals surface area contributed by atoms with Gasteiger partial charge in [-0.25, -0.2) is 0 Å². The Balaban J connectivity index is 2.51. The van der Waals surface area contributed by atoms with Crippen LogP contribution in [-0.2, 0) is 4.79 Å². The maximum Gasteiger partial charge on any atom is 0.306 e. The Hall–Kier alpha value is -0.530. The van der Waals surface area contributed by atoms with E-state index in [1.54, 1.807) is 0 Å². The maximum atomic E-state index is 10.7. The molecule has 1 fully saturated rings. The van der Waals surface area contributed by atoms with Gasteiger partial charge in [-0.2, -0.15) is 0 Å². The second-order valence-corrected chi connectivity index (χ2v) is 3.40. The Bertz CT molecular complexity index is 142. The Morgan fingerprint density at radius 1 is 1.45 bits per heavy atom. The van der Waals surface area contributed by atoms with Crippen LogP contribution in [0.2, 0.25) is 0 Å². The summed E-state index contributed by atoms with van der Waals surface area (Å²) in [4.78, 5) is 10.7. The summed E-state index contributed by atoms with van der Waals surface area (Å²) in [6, 6.07) is 0. The van der Waals surface area contributed by atoms with Crippen LogP contribution in [0.4, 0.5) is 0 Å². The molecule has 0 spiro atoms. The van der Waals surface area contributed by atoms with Crippen LogP contribution < -0.4 is 0 Å². The molecule has 2 unspecified atom stereocenters. The van der Waals surface area contributed by atoms with Crippen molar-refractivity contribution in [1.82, 2.24) is 0 Å². The summed E-state index contributed by atoms with van der Waals surface area (Å²) in [7, 11) is 0. The smallest absolute Gasteiger partial charge is 0.306 e. The molecule has 2 nitrogen and oxygen atoms in total. The molecule has 0 aliphatic heterocycles. The van der Waals surface area contributed by atoms with Gasteiger partial charge < -0.3 is 5.11 Å². The first-order valence-electron chi connectivity index (χ1n) is 4.48. The molecule has 1 saturated carbocycles. The number of rotatable bonds is 2. The molecule has 0 radical (unpaired) electrons. The van der Waals surface area contributed by atoms with Crippen molar-refractivity contribution in [2.75, 3.05) is 0 Å². The third-order valence-electron chi connectivity index (χ3n) is 2.75. The second kappa shape index (κ2) is 3.74. The fourth-order valence-corrected chi connectivity index (χ4v) is 2.02. The van der Waals surface area contributed by atoms with E-state index in [2.05, 4.69) is 6.92 Å². The molecule has 2 atom stereocenters. The van der Waals surface area contributed by atoms with Gasteiger partial charge in [-0.05, 0) is 18.8 Å². The summed E-state index contributed by atoms with van der Waals surface area (Å²) in [6.07, 6.45) is 5.37. The second-order valence-electron chi connectivity index (χ2n) is 3.40. The summed E-state index contributed by atoms with van der Waals surface area (Å²) >= 11 is 0. The minimum absolute atomic E-state index is 0.0475. The molecule has 0 aromatic heterocycles. The first-order chi connectivity index (χ1) is 5.25. The normalized spacial score (nSPS) is 31.7. The predicted molar refractivity (Wildman–Crippen MR) is 43.4 cm³/mol. The number of carbonyl (C=O) groups is 1. The molecule has 0 aromatic rings. The summed E-state index contributed by atoms with van der Waals surface area (Å²) in [5.41, 5.74) is 0. The highest BCUT2D eigenvalue weighted by molar-refractivity contribution is 5.70. The molecular weight excluding hydrogens is 140 g/mol. The van der Waals surface area contributed by atoms with Gasteiger partial charge in [0.15, 0.2) is 0 Å². The monoisotopic (exact) mass is 156 g/mol. The van der Waals surface area contributed by atoms with E-state index in [9.17, 15) is 4.79 Å². The van der Waals surface area contributed by atoms with Crippen molar-refractivity contribution in [2.45, 2.75) is 39.0 Å². The summed E-state index contributed by atoms with van der Waals surface area (Å²) < 4.78 is 0. The van der Waals surface area contributed by atoms with Gasteiger partial charge in [0.1, 0.15) is 0 Å². The first kappa shape index (κ1) is 8.57. The zero-order chi connectivity index (χ0) is 8.27. The fourth-order valence-electron chi connectivity index (χ4n) is 2.02. The van der Waals surface area contributed by atoms with Crippen LogP contribution in [-0.4, -0.2) is 11.1 Å². The number of hydrogen-bond acceptors (Lipinski definition) is 1. The van der Waals surface area contributed by atoms with Crippen LogP contribution in [0.1, 0.15) is 39.0 Å². The number of hydrogen-bond donors (Lipinski definition) is 1. The van der Waals surface area contributed by atoms with Gasteiger partial charge in [0, 0.05) is 0 Å². The molecule has 0 amide bonds. The van der Waals surface area contributed by atoms with Crippen LogP contribution in [0.5, 0.6) is 0 Å². The topological polar surface area (TPSA) is 37.3 Å². The lowest BCUT2D eigenvalue weighted by Gasteiger charge is -2.27. The van der Waals surface area contributed by atoms with Crippen molar-refractivity contribution in [1.29, 1.82) is 0 Å². The largest absolute Gasteiger partial charge is 0.481 e. The van der Waals surface area contributed by atoms with Gasteiger partial charge in [-0.15, -0.1) is 0 Å². The van der Waals surface area contributed by atoms with E-state index in [-0.39, 0.29) is 5.92 Å². The molecule has 0 aromatic carbocycles. The average molecular weight is 156 g/mol. The van der Waals surface area contributed by atoms with Crippen LogP contribution in [0.15, 0.2) is 0 Å². The standard InChI is InChI=1S/C9H16O2/c1-2-7-5-3-4-6-8(7)9(10)11/h7-8H,2-6H2,1H3,(H,10,11). The van der Waals surface area contributed by atoms with E-state index < -0.39 is 5.97 Å². The first-order valence-corrected chi connectivity index (χ1v) is 4.48. The van der Waals surface area contributed by atoms with Crippen LogP contribution >= 0.6 is 0 Å². The van der Waals surface area contributed by atoms with Crippen LogP contribution in [0.25, 0.3) is 0 Å². The predicted octanol–water partition coefficient (Wildman–Crippen LogP) is 2.29. The van der Waals surface area contributed by atoms with E-state index in [1.165, 1.54) is 6.42 Å². The minimum Gasteiger partial charge on any atom is -0.481 e. The van der Waals surface area contributed by atoms with Crippen LogP contribution in [0.3, 0.4) is 0 Å². The van der Waals surface area contributed by atoms with E-state index in [0.717, 1.165) is 25.7 Å². The molecule has 0 saturated heterocycles. The highest BCUT2D eigenvalue weighted by Crippen LogP contribution is 2.32. The average Bonchev–Trinajstić information content (AvgIpc) is 2.04. The summed E-state index contributed by atoms with van der Waals surface area (Å²) in [6.45, 7) is 2.09. The van der Waals surface area contributed by atoms with Gasteiger partial charge in [-0.3, -0.25) is 4.79 Å². The quantitative estimate of drug-likeness (QED) is 0.666. The molecular formula is C9H16O2. The third kappa shape index (κ3) is 1.95. The molecule has 1 aliphatic carbocycles. The van der Waals surface area contributed by atoms with Gasteiger partial charge in [0.25, 0.3) is 0 Å². The minimum atomic E-state index is -0.587. The van der Waals surface area contributed by atoms with E-state index in [0.29, 0.717) is 5.92 Å². The van der Waals surface area contributed by atoms with E-state index in [4.69, 9.17) is 5.11 Å². The molecule has 0 bridgehead atoms. The van der Waals surface area contributed by atoms with Gasteiger partial charge >= 0.3 is 5.97 Å². The van der Waals surface area contributed by atoms with E-state index >= 15 is 0 Å². The Morgan fingerprint density at radius 2 is 2.09 bits per heavy atom. The van der Waals surface area contributed by atoms with Crippen molar-refractivity contribution < 1.29 is 9.90 Å². The van der Waals surface area contributed by atoms with Gasteiger partial charge in [-0.1, -0.05) is 26.2 Å². The SMILES string of the molecule is CCC1CCCCC1C(=O)O. The molecule has 0 heterocycles. The molecule has 1 N–H and O–H groups in total. The molecule has 1 rings (SSSR count). The zero-order valence-electron chi connectivity index (χ0n) is 7.05. The van der Waals surface area contributed by atoms with Crippen LogP contribution in [0, 0.1) is 11.8 Å². The summed E-state index contributed by atoms with van der Waals surface area (Å²) in [5.74, 6) is -0.188. The number of aliphatic carboxylic acids is 1. The fraction of sp³-hybridized carbons (Fsp3) is 0.889. The lowest BCUT2D eigenvalue weighted by atomic mass is 9.78.